The van der Waals surface area contributed by atoms with Gasteiger partial charge in [0, 0.05) is 26.1 Å². The van der Waals surface area contributed by atoms with E-state index in [1.165, 1.54) is 4.90 Å². The number of carboxylic acid groups (broad SMARTS) is 1. The number of carbonyl (C=O) groups excluding carboxylic acids is 1. The van der Waals surface area contributed by atoms with Crippen LogP contribution < -0.4 is 0 Å². The van der Waals surface area contributed by atoms with Gasteiger partial charge in [0.15, 0.2) is 0 Å². The molecule has 2 fully saturated rings. The first-order chi connectivity index (χ1) is 9.02. The van der Waals surface area contributed by atoms with Crippen molar-refractivity contribution in [2.45, 2.75) is 38.0 Å². The van der Waals surface area contributed by atoms with E-state index in [0.717, 1.165) is 6.42 Å². The number of β-amino-alcohol motifs (C(OH)–C–C–N with tert-alkyl or cyclic N) is 1. The van der Waals surface area contributed by atoms with E-state index in [1.54, 1.807) is 4.90 Å². The molecule has 0 aliphatic carbocycles. The Morgan fingerprint density at radius 3 is 2.74 bits per heavy atom. The maximum Gasteiger partial charge on any atom is 0.326 e. The fraction of sp³-hybridized carbons (Fsp3) is 0.833. The Kier molecular flexibility index (Phi) is 4.26. The summed E-state index contributed by atoms with van der Waals surface area (Å²) in [6, 6.07) is -1.24. The first kappa shape index (κ1) is 14.1. The van der Waals surface area contributed by atoms with Crippen LogP contribution in [0.5, 0.6) is 0 Å². The number of nitrogens with zero attached hydrogens (tertiary/aromatic N) is 2. The number of aliphatic hydroxyl groups is 1. The van der Waals surface area contributed by atoms with E-state index < -0.39 is 18.1 Å². The van der Waals surface area contributed by atoms with Crippen molar-refractivity contribution >= 4 is 12.0 Å². The molecule has 2 aliphatic rings. The van der Waals surface area contributed by atoms with Gasteiger partial charge in [0.2, 0.25) is 0 Å². The van der Waals surface area contributed by atoms with Gasteiger partial charge in [0.05, 0.1) is 18.8 Å². The molecule has 2 saturated heterocycles. The van der Waals surface area contributed by atoms with Crippen LogP contribution in [0.2, 0.25) is 0 Å². The van der Waals surface area contributed by atoms with Crippen LogP contribution in [0.3, 0.4) is 0 Å². The zero-order valence-corrected chi connectivity index (χ0v) is 11.0. The molecule has 2 aliphatic heterocycles. The van der Waals surface area contributed by atoms with Gasteiger partial charge in [0.25, 0.3) is 0 Å². The van der Waals surface area contributed by atoms with Crippen LogP contribution in [0.25, 0.3) is 0 Å². The summed E-state index contributed by atoms with van der Waals surface area (Å²) in [6.07, 6.45) is 0.166. The Morgan fingerprint density at radius 2 is 2.11 bits per heavy atom. The molecule has 0 aromatic rings. The van der Waals surface area contributed by atoms with Crippen molar-refractivity contribution in [3.05, 3.63) is 0 Å². The maximum absolute atomic E-state index is 12.3. The average molecular weight is 272 g/mol. The molecule has 0 spiro atoms. The van der Waals surface area contributed by atoms with Crippen LogP contribution in [0.4, 0.5) is 4.79 Å². The molecule has 0 saturated carbocycles. The lowest BCUT2D eigenvalue weighted by Crippen LogP contribution is -2.53. The van der Waals surface area contributed by atoms with Crippen molar-refractivity contribution in [2.75, 3.05) is 26.2 Å². The van der Waals surface area contributed by atoms with E-state index in [2.05, 4.69) is 0 Å². The number of hydrogen-bond donors (Lipinski definition) is 2. The van der Waals surface area contributed by atoms with Crippen molar-refractivity contribution in [2.24, 2.45) is 0 Å². The third-order valence-electron chi connectivity index (χ3n) is 3.67. The zero-order valence-electron chi connectivity index (χ0n) is 11.0. The highest BCUT2D eigenvalue weighted by Gasteiger charge is 2.41. The summed E-state index contributed by atoms with van der Waals surface area (Å²) in [6.45, 7) is 3.49. The van der Waals surface area contributed by atoms with E-state index in [9.17, 15) is 14.7 Å². The van der Waals surface area contributed by atoms with Gasteiger partial charge < -0.3 is 24.7 Å². The number of ether oxygens (including phenoxy) is 1. The van der Waals surface area contributed by atoms with Gasteiger partial charge in [-0.3, -0.25) is 0 Å². The van der Waals surface area contributed by atoms with Crippen LogP contribution in [0.1, 0.15) is 19.8 Å². The summed E-state index contributed by atoms with van der Waals surface area (Å²) in [7, 11) is 0. The van der Waals surface area contributed by atoms with E-state index >= 15 is 0 Å². The molecule has 3 atom stereocenters. The second-order valence-corrected chi connectivity index (χ2v) is 5.03. The summed E-state index contributed by atoms with van der Waals surface area (Å²) in [4.78, 5) is 26.3. The molecule has 0 aromatic heterocycles. The lowest BCUT2D eigenvalue weighted by molar-refractivity contribution is -0.141. The lowest BCUT2D eigenvalue weighted by Gasteiger charge is -2.36. The number of likely N-dealkylation sites (tertiary alicyclic amines) is 1. The van der Waals surface area contributed by atoms with Crippen molar-refractivity contribution in [1.29, 1.82) is 0 Å². The summed E-state index contributed by atoms with van der Waals surface area (Å²) in [5, 5.41) is 18.7. The van der Waals surface area contributed by atoms with Gasteiger partial charge in [0.1, 0.15) is 6.04 Å². The van der Waals surface area contributed by atoms with E-state index in [0.29, 0.717) is 19.7 Å². The number of hydrogen-bond acceptors (Lipinski definition) is 4. The van der Waals surface area contributed by atoms with Gasteiger partial charge >= 0.3 is 12.0 Å². The molecule has 0 bridgehead atoms. The molecule has 0 radical (unpaired) electrons. The molecule has 7 heteroatoms. The highest BCUT2D eigenvalue weighted by molar-refractivity contribution is 5.83. The first-order valence-corrected chi connectivity index (χ1v) is 6.61. The third kappa shape index (κ3) is 2.98. The number of amides is 2. The largest absolute Gasteiger partial charge is 0.480 e. The topological polar surface area (TPSA) is 90.3 Å². The summed E-state index contributed by atoms with van der Waals surface area (Å²) in [5.41, 5.74) is 0. The molecule has 2 amide bonds. The van der Waals surface area contributed by atoms with Gasteiger partial charge in [-0.2, -0.15) is 0 Å². The molecule has 2 rings (SSSR count). The van der Waals surface area contributed by atoms with E-state index in [1.807, 2.05) is 6.92 Å². The Bertz CT molecular complexity index is 362. The predicted octanol–water partition coefficient (Wildman–Crippen LogP) is -0.263. The zero-order chi connectivity index (χ0) is 14.0. The van der Waals surface area contributed by atoms with Crippen molar-refractivity contribution in [1.82, 2.24) is 9.80 Å². The van der Waals surface area contributed by atoms with Crippen LogP contribution in [-0.4, -0.2) is 76.5 Å². The Morgan fingerprint density at radius 1 is 1.37 bits per heavy atom. The number of aliphatic carboxylic acids is 1. The molecule has 19 heavy (non-hydrogen) atoms. The summed E-state index contributed by atoms with van der Waals surface area (Å²) < 4.78 is 5.49. The normalized spacial score (nSPS) is 31.6. The monoisotopic (exact) mass is 272 g/mol. The molecule has 7 nitrogen and oxygen atoms in total. The second-order valence-electron chi connectivity index (χ2n) is 5.03. The van der Waals surface area contributed by atoms with Crippen LogP contribution >= 0.6 is 0 Å². The quantitative estimate of drug-likeness (QED) is 0.722. The molecule has 108 valence electrons. The molecular formula is C12H20N2O5. The number of carbonyl (C=O) groups is 2. The minimum atomic E-state index is -1.06. The molecule has 2 heterocycles. The Hall–Kier alpha value is -1.34. The van der Waals surface area contributed by atoms with Crippen molar-refractivity contribution < 1.29 is 24.5 Å². The minimum Gasteiger partial charge on any atom is -0.480 e. The van der Waals surface area contributed by atoms with Gasteiger partial charge in [-0.05, 0) is 6.42 Å². The number of carboxylic acids is 1. The Labute approximate surface area is 111 Å². The fourth-order valence-corrected chi connectivity index (χ4v) is 2.58. The van der Waals surface area contributed by atoms with Crippen LogP contribution in [-0.2, 0) is 9.53 Å². The fourth-order valence-electron chi connectivity index (χ4n) is 2.58. The SMILES string of the molecule is CCC1CN(C(=O)N2CC(O)CC2C(=O)O)CCO1. The number of aliphatic hydroxyl groups excluding tert-OH is 1. The number of urea groups is 1. The van der Waals surface area contributed by atoms with Crippen LogP contribution in [0, 0.1) is 0 Å². The number of rotatable bonds is 2. The third-order valence-corrected chi connectivity index (χ3v) is 3.67. The molecule has 0 aromatic carbocycles. The highest BCUT2D eigenvalue weighted by Crippen LogP contribution is 2.21. The van der Waals surface area contributed by atoms with Crippen molar-refractivity contribution in [3.8, 4) is 0 Å². The molecule has 2 N–H and O–H groups in total. The standard InChI is InChI=1S/C12H20N2O5/c1-2-9-7-13(3-4-19-9)12(18)14-6-8(15)5-10(14)11(16)17/h8-10,15H,2-7H2,1H3,(H,16,17). The molecule has 3 unspecified atom stereocenters. The second kappa shape index (κ2) is 5.75. The number of morpholine rings is 1. The smallest absolute Gasteiger partial charge is 0.326 e. The average Bonchev–Trinajstić information content (AvgIpc) is 2.80. The minimum absolute atomic E-state index is 0.00787. The van der Waals surface area contributed by atoms with Crippen molar-refractivity contribution in [3.63, 3.8) is 0 Å². The van der Waals surface area contributed by atoms with Gasteiger partial charge in [-0.15, -0.1) is 0 Å². The molecular weight excluding hydrogens is 252 g/mol. The predicted molar refractivity (Wildman–Crippen MR) is 65.8 cm³/mol. The lowest BCUT2D eigenvalue weighted by atomic mass is 10.2. The highest BCUT2D eigenvalue weighted by atomic mass is 16.5. The van der Waals surface area contributed by atoms with Gasteiger partial charge in [-0.25, -0.2) is 9.59 Å². The van der Waals surface area contributed by atoms with Gasteiger partial charge in [-0.1, -0.05) is 6.92 Å². The van der Waals surface area contributed by atoms with Crippen LogP contribution in [0.15, 0.2) is 0 Å². The summed E-state index contributed by atoms with van der Waals surface area (Å²) >= 11 is 0. The first-order valence-electron chi connectivity index (χ1n) is 6.61. The summed E-state index contributed by atoms with van der Waals surface area (Å²) in [5.74, 6) is -1.06. The van der Waals surface area contributed by atoms with E-state index in [-0.39, 0.29) is 25.1 Å². The van der Waals surface area contributed by atoms with E-state index in [4.69, 9.17) is 9.84 Å². The Balaban J connectivity index is 2.03. The maximum atomic E-state index is 12.3.